The second kappa shape index (κ2) is 10.6. The van der Waals surface area contributed by atoms with Crippen LogP contribution in [0.5, 0.6) is 0 Å². The van der Waals surface area contributed by atoms with E-state index >= 15 is 0 Å². The predicted molar refractivity (Wildman–Crippen MR) is 193 cm³/mol. The number of fused-ring (bicyclic) bond motifs is 6. The third-order valence-electron chi connectivity index (χ3n) is 9.69. The monoisotopic (exact) mass is 585 g/mol. The zero-order valence-corrected chi connectivity index (χ0v) is 25.3. The summed E-state index contributed by atoms with van der Waals surface area (Å²) >= 11 is 0. The Kier molecular flexibility index (Phi) is 6.11. The molecule has 0 heterocycles. The summed E-state index contributed by atoms with van der Waals surface area (Å²) in [6.45, 7) is 0. The van der Waals surface area contributed by atoms with Crippen LogP contribution >= 0.6 is 0 Å². The van der Waals surface area contributed by atoms with E-state index in [0.717, 1.165) is 17.1 Å². The van der Waals surface area contributed by atoms with Crippen LogP contribution in [0.3, 0.4) is 0 Å². The van der Waals surface area contributed by atoms with Crippen LogP contribution in [0.4, 0.5) is 17.1 Å². The van der Waals surface area contributed by atoms with Crippen molar-refractivity contribution in [1.29, 1.82) is 0 Å². The molecule has 0 aromatic heterocycles. The van der Waals surface area contributed by atoms with Crippen molar-refractivity contribution >= 4 is 38.6 Å². The molecule has 0 unspecified atom stereocenters. The zero-order valence-electron chi connectivity index (χ0n) is 25.3. The summed E-state index contributed by atoms with van der Waals surface area (Å²) in [5.41, 5.74) is 10.7. The first-order valence-corrected chi connectivity index (χ1v) is 15.9. The smallest absolute Gasteiger partial charge is 0.0714 e. The van der Waals surface area contributed by atoms with E-state index in [0.29, 0.717) is 0 Å². The molecule has 0 radical (unpaired) electrons. The molecule has 0 saturated heterocycles. The Morgan fingerprint density at radius 3 is 1.61 bits per heavy atom. The van der Waals surface area contributed by atoms with E-state index in [1.54, 1.807) is 0 Å². The van der Waals surface area contributed by atoms with Gasteiger partial charge >= 0.3 is 0 Å². The highest BCUT2D eigenvalue weighted by Crippen LogP contribution is 2.58. The van der Waals surface area contributed by atoms with Gasteiger partial charge in [-0.3, -0.25) is 0 Å². The largest absolute Gasteiger partial charge is 0.310 e. The Balaban J connectivity index is 1.38. The van der Waals surface area contributed by atoms with E-state index in [-0.39, 0.29) is 0 Å². The number of anilines is 3. The number of hydrogen-bond donors (Lipinski definition) is 0. The quantitative estimate of drug-likeness (QED) is 0.194. The SMILES string of the molecule is c1ccc(N(c2ccc3c(c2)C(c2ccccc2)(c2ccccc2)c2ccc4ccccc4c2-3)c2ccc3ccccc3c2)cc1. The Morgan fingerprint density at radius 2 is 0.891 bits per heavy atom. The highest BCUT2D eigenvalue weighted by molar-refractivity contribution is 6.04. The van der Waals surface area contributed by atoms with Gasteiger partial charge in [0.05, 0.1) is 5.41 Å². The molecule has 0 aliphatic heterocycles. The molecule has 1 heteroatoms. The number of hydrogen-bond acceptors (Lipinski definition) is 1. The van der Waals surface area contributed by atoms with Crippen LogP contribution in [-0.4, -0.2) is 0 Å². The minimum atomic E-state index is -0.487. The summed E-state index contributed by atoms with van der Waals surface area (Å²) in [4.78, 5) is 2.40. The van der Waals surface area contributed by atoms with Crippen LogP contribution in [0.25, 0.3) is 32.7 Å². The van der Waals surface area contributed by atoms with Crippen molar-refractivity contribution in [2.45, 2.75) is 5.41 Å². The summed E-state index contributed by atoms with van der Waals surface area (Å²) in [6.07, 6.45) is 0. The van der Waals surface area contributed by atoms with Crippen molar-refractivity contribution < 1.29 is 0 Å². The van der Waals surface area contributed by atoms with Crippen molar-refractivity contribution in [3.8, 4) is 11.1 Å². The Bertz CT molecular complexity index is 2320. The molecule has 1 aliphatic carbocycles. The molecule has 0 N–H and O–H groups in total. The van der Waals surface area contributed by atoms with E-state index < -0.39 is 5.41 Å². The summed E-state index contributed by atoms with van der Waals surface area (Å²) in [5.74, 6) is 0. The normalized spacial score (nSPS) is 13.0. The van der Waals surface area contributed by atoms with Gasteiger partial charge in [0, 0.05) is 17.1 Å². The van der Waals surface area contributed by atoms with Gasteiger partial charge in [0.25, 0.3) is 0 Å². The van der Waals surface area contributed by atoms with Crippen LogP contribution in [0, 0.1) is 0 Å². The van der Waals surface area contributed by atoms with Crippen LogP contribution in [-0.2, 0) is 5.41 Å². The van der Waals surface area contributed by atoms with E-state index in [1.807, 2.05) is 0 Å². The Labute approximate surface area is 269 Å². The Morgan fingerprint density at radius 1 is 0.348 bits per heavy atom. The maximum atomic E-state index is 2.45. The fraction of sp³-hybridized carbons (Fsp3) is 0.0222. The Hall–Kier alpha value is -5.92. The third-order valence-corrected chi connectivity index (χ3v) is 9.69. The van der Waals surface area contributed by atoms with Crippen LogP contribution in [0.15, 0.2) is 188 Å². The summed E-state index contributed by atoms with van der Waals surface area (Å²) in [5, 5.41) is 5.01. The molecule has 0 amide bonds. The van der Waals surface area contributed by atoms with E-state index in [4.69, 9.17) is 0 Å². The molecular formula is C45H31N. The lowest BCUT2D eigenvalue weighted by molar-refractivity contribution is 0.769. The van der Waals surface area contributed by atoms with Crippen molar-refractivity contribution in [2.24, 2.45) is 0 Å². The first-order valence-electron chi connectivity index (χ1n) is 15.9. The molecule has 46 heavy (non-hydrogen) atoms. The average Bonchev–Trinajstić information content (AvgIpc) is 3.44. The molecule has 0 spiro atoms. The fourth-order valence-electron chi connectivity index (χ4n) is 7.72. The van der Waals surface area contributed by atoms with Gasteiger partial charge in [0.15, 0.2) is 0 Å². The van der Waals surface area contributed by atoms with Gasteiger partial charge in [-0.15, -0.1) is 0 Å². The van der Waals surface area contributed by atoms with Crippen molar-refractivity contribution in [3.05, 3.63) is 210 Å². The maximum absolute atomic E-state index is 2.45. The van der Waals surface area contributed by atoms with Crippen LogP contribution in [0.2, 0.25) is 0 Å². The molecular weight excluding hydrogens is 555 g/mol. The molecule has 0 saturated carbocycles. The van der Waals surface area contributed by atoms with Crippen molar-refractivity contribution in [2.75, 3.05) is 4.90 Å². The highest BCUT2D eigenvalue weighted by atomic mass is 15.1. The second-order valence-electron chi connectivity index (χ2n) is 12.1. The van der Waals surface area contributed by atoms with Gasteiger partial charge in [-0.05, 0) is 91.3 Å². The first-order chi connectivity index (χ1) is 22.8. The number of para-hydroxylation sites is 1. The molecule has 9 rings (SSSR count). The van der Waals surface area contributed by atoms with Crippen LogP contribution < -0.4 is 4.90 Å². The average molecular weight is 586 g/mol. The van der Waals surface area contributed by atoms with Crippen molar-refractivity contribution in [3.63, 3.8) is 0 Å². The second-order valence-corrected chi connectivity index (χ2v) is 12.1. The molecule has 1 nitrogen and oxygen atoms in total. The van der Waals surface area contributed by atoms with Gasteiger partial charge in [0.2, 0.25) is 0 Å². The molecule has 8 aromatic carbocycles. The molecule has 0 atom stereocenters. The minimum absolute atomic E-state index is 0.487. The summed E-state index contributed by atoms with van der Waals surface area (Å²) in [7, 11) is 0. The molecule has 0 bridgehead atoms. The zero-order chi connectivity index (χ0) is 30.5. The first kappa shape index (κ1) is 26.5. The standard InChI is InChI=1S/C45H31N/c1-4-17-35(18-5-1)45(36-19-6-2-7-20-36)42-29-25-33-15-12-13-23-40(33)44(42)41-28-27-39(31-43(41)45)46(37-21-8-3-9-22-37)38-26-24-32-14-10-11-16-34(32)30-38/h1-31H. The minimum Gasteiger partial charge on any atom is -0.310 e. The van der Waals surface area contributed by atoms with E-state index in [9.17, 15) is 0 Å². The topological polar surface area (TPSA) is 3.24 Å². The van der Waals surface area contributed by atoms with Crippen LogP contribution in [0.1, 0.15) is 22.3 Å². The van der Waals surface area contributed by atoms with Gasteiger partial charge in [-0.1, -0.05) is 152 Å². The molecule has 0 fully saturated rings. The van der Waals surface area contributed by atoms with Crippen molar-refractivity contribution in [1.82, 2.24) is 0 Å². The number of benzene rings is 8. The van der Waals surface area contributed by atoms with E-state index in [2.05, 4.69) is 193 Å². The van der Waals surface area contributed by atoms with Gasteiger partial charge < -0.3 is 4.90 Å². The lowest BCUT2D eigenvalue weighted by atomic mass is 9.67. The number of rotatable bonds is 5. The third kappa shape index (κ3) is 3.95. The van der Waals surface area contributed by atoms with Gasteiger partial charge in [-0.2, -0.15) is 0 Å². The molecule has 1 aliphatic rings. The summed E-state index contributed by atoms with van der Waals surface area (Å²) < 4.78 is 0. The number of nitrogens with zero attached hydrogens (tertiary/aromatic N) is 1. The maximum Gasteiger partial charge on any atom is 0.0714 e. The summed E-state index contributed by atoms with van der Waals surface area (Å²) in [6, 6.07) is 68.8. The fourth-order valence-corrected chi connectivity index (χ4v) is 7.72. The predicted octanol–water partition coefficient (Wildman–Crippen LogP) is 11.8. The highest BCUT2D eigenvalue weighted by Gasteiger charge is 2.47. The molecule has 8 aromatic rings. The van der Waals surface area contributed by atoms with E-state index in [1.165, 1.54) is 54.9 Å². The lowest BCUT2D eigenvalue weighted by Gasteiger charge is -2.35. The van der Waals surface area contributed by atoms with Gasteiger partial charge in [-0.25, -0.2) is 0 Å². The lowest BCUT2D eigenvalue weighted by Crippen LogP contribution is -2.28. The van der Waals surface area contributed by atoms with Gasteiger partial charge in [0.1, 0.15) is 0 Å². The molecule has 216 valence electrons.